The Bertz CT molecular complexity index is 303. The summed E-state index contributed by atoms with van der Waals surface area (Å²) >= 11 is 2.64. The van der Waals surface area contributed by atoms with Crippen LogP contribution in [-0.2, 0) is 9.59 Å². The molecule has 0 aromatic carbocycles. The molecule has 82 valence electrons. The molecule has 0 bridgehead atoms. The summed E-state index contributed by atoms with van der Waals surface area (Å²) in [6.45, 7) is 0. The van der Waals surface area contributed by atoms with E-state index in [1.165, 1.54) is 28.4 Å². The predicted octanol–water partition coefficient (Wildman–Crippen LogP) is 0.229. The Morgan fingerprint density at radius 1 is 1.67 bits per heavy atom. The van der Waals surface area contributed by atoms with Crippen molar-refractivity contribution in [3.05, 3.63) is 0 Å². The average molecular weight is 246 g/mol. The third kappa shape index (κ3) is 3.32. The van der Waals surface area contributed by atoms with E-state index in [1.54, 1.807) is 0 Å². The van der Waals surface area contributed by atoms with Crippen molar-refractivity contribution < 1.29 is 14.7 Å². The molecule has 1 unspecified atom stereocenters. The summed E-state index contributed by atoms with van der Waals surface area (Å²) in [5.74, 6) is 0.154. The van der Waals surface area contributed by atoms with Gasteiger partial charge in [-0.2, -0.15) is 5.26 Å². The molecule has 1 rings (SSSR count). The minimum atomic E-state index is -0.960. The first kappa shape index (κ1) is 12.2. The molecule has 1 saturated heterocycles. The maximum atomic E-state index is 11.6. The summed E-state index contributed by atoms with van der Waals surface area (Å²) in [5.41, 5.74) is 0. The second-order valence-electron chi connectivity index (χ2n) is 2.87. The summed E-state index contributed by atoms with van der Waals surface area (Å²) in [6, 6.07) is 1.21. The van der Waals surface area contributed by atoms with Gasteiger partial charge in [-0.05, 0) is 0 Å². The van der Waals surface area contributed by atoms with E-state index in [0.717, 1.165) is 0 Å². The minimum absolute atomic E-state index is 0.178. The van der Waals surface area contributed by atoms with E-state index >= 15 is 0 Å². The first-order valence-corrected chi connectivity index (χ1v) is 6.52. The van der Waals surface area contributed by atoms with Gasteiger partial charge < -0.3 is 10.0 Å². The molecule has 0 spiro atoms. The number of carbonyl (C=O) groups is 2. The number of hydrogen-bond donors (Lipinski definition) is 1. The van der Waals surface area contributed by atoms with Gasteiger partial charge in [0.05, 0.1) is 23.5 Å². The molecule has 0 aliphatic carbocycles. The quantitative estimate of drug-likeness (QED) is 0.715. The number of rotatable bonds is 4. The highest BCUT2D eigenvalue weighted by atomic mass is 32.2. The van der Waals surface area contributed by atoms with Gasteiger partial charge in [-0.25, -0.2) is 4.79 Å². The van der Waals surface area contributed by atoms with Crippen molar-refractivity contribution in [2.75, 3.05) is 23.1 Å². The van der Waals surface area contributed by atoms with Crippen LogP contribution in [0, 0.1) is 11.3 Å². The molecule has 1 atom stereocenters. The molecular weight excluding hydrogens is 236 g/mol. The highest BCUT2D eigenvalue weighted by molar-refractivity contribution is 8.00. The van der Waals surface area contributed by atoms with Crippen LogP contribution in [0.25, 0.3) is 0 Å². The third-order valence-corrected chi connectivity index (χ3v) is 3.68. The van der Waals surface area contributed by atoms with E-state index in [1.807, 2.05) is 6.07 Å². The molecule has 1 aliphatic heterocycles. The normalized spacial score (nSPS) is 19.9. The van der Waals surface area contributed by atoms with Gasteiger partial charge in [-0.3, -0.25) is 4.79 Å². The molecule has 1 heterocycles. The second kappa shape index (κ2) is 5.88. The van der Waals surface area contributed by atoms with Gasteiger partial charge in [0.25, 0.3) is 0 Å². The molecule has 7 heteroatoms. The minimum Gasteiger partial charge on any atom is -0.480 e. The topological polar surface area (TPSA) is 81.4 Å². The summed E-state index contributed by atoms with van der Waals surface area (Å²) in [6.07, 6.45) is 0. The molecule has 1 fully saturated rings. The van der Waals surface area contributed by atoms with Crippen LogP contribution in [0.5, 0.6) is 0 Å². The summed E-state index contributed by atoms with van der Waals surface area (Å²) in [4.78, 5) is 23.7. The van der Waals surface area contributed by atoms with E-state index in [9.17, 15) is 9.59 Å². The molecule has 0 radical (unpaired) electrons. The lowest BCUT2D eigenvalue weighted by molar-refractivity contribution is -0.146. The lowest BCUT2D eigenvalue weighted by atomic mass is 10.3. The Hall–Kier alpha value is -0.870. The van der Waals surface area contributed by atoms with E-state index in [2.05, 4.69) is 0 Å². The van der Waals surface area contributed by atoms with Gasteiger partial charge >= 0.3 is 5.97 Å². The largest absolute Gasteiger partial charge is 0.480 e. The molecule has 0 saturated carbocycles. The number of nitriles is 1. The van der Waals surface area contributed by atoms with Crippen molar-refractivity contribution in [1.29, 1.82) is 5.26 Å². The van der Waals surface area contributed by atoms with Crippen molar-refractivity contribution in [2.45, 2.75) is 6.04 Å². The smallest absolute Gasteiger partial charge is 0.327 e. The molecular formula is C8H10N2O3S2. The van der Waals surface area contributed by atoms with E-state index in [4.69, 9.17) is 10.4 Å². The van der Waals surface area contributed by atoms with Crippen molar-refractivity contribution in [2.24, 2.45) is 0 Å². The fourth-order valence-electron chi connectivity index (χ4n) is 1.16. The van der Waals surface area contributed by atoms with Gasteiger partial charge in [0.15, 0.2) is 0 Å². The molecule has 1 amide bonds. The van der Waals surface area contributed by atoms with Crippen LogP contribution in [0.4, 0.5) is 0 Å². The molecule has 15 heavy (non-hydrogen) atoms. The van der Waals surface area contributed by atoms with Gasteiger partial charge in [0.2, 0.25) is 5.91 Å². The van der Waals surface area contributed by atoms with Crippen molar-refractivity contribution in [1.82, 2.24) is 4.90 Å². The van der Waals surface area contributed by atoms with E-state index < -0.39 is 12.0 Å². The molecule has 1 aliphatic rings. The lowest BCUT2D eigenvalue weighted by Gasteiger charge is -2.19. The number of hydrogen-bond acceptors (Lipinski definition) is 5. The van der Waals surface area contributed by atoms with Gasteiger partial charge in [-0.15, -0.1) is 23.5 Å². The van der Waals surface area contributed by atoms with Crippen molar-refractivity contribution >= 4 is 35.4 Å². The van der Waals surface area contributed by atoms with Crippen LogP contribution in [0.15, 0.2) is 0 Å². The maximum absolute atomic E-state index is 11.6. The number of carboxylic acids is 1. The number of carbonyl (C=O) groups excluding carboxylic acids is 1. The van der Waals surface area contributed by atoms with E-state index in [0.29, 0.717) is 11.6 Å². The van der Waals surface area contributed by atoms with E-state index in [-0.39, 0.29) is 17.4 Å². The Kier molecular flexibility index (Phi) is 4.78. The third-order valence-electron chi connectivity index (χ3n) is 1.88. The fraction of sp³-hybridized carbons (Fsp3) is 0.625. The SMILES string of the molecule is N#CCSCC(=O)N1CSCC1C(=O)O. The van der Waals surface area contributed by atoms with Gasteiger partial charge in [0.1, 0.15) is 6.04 Å². The number of aliphatic carboxylic acids is 1. The van der Waals surface area contributed by atoms with Crippen LogP contribution in [0.1, 0.15) is 0 Å². The Morgan fingerprint density at radius 3 is 3.00 bits per heavy atom. The number of thioether (sulfide) groups is 2. The zero-order valence-electron chi connectivity index (χ0n) is 7.88. The highest BCUT2D eigenvalue weighted by Crippen LogP contribution is 2.21. The Labute approximate surface area is 95.8 Å². The Balaban J connectivity index is 2.45. The Morgan fingerprint density at radius 2 is 2.40 bits per heavy atom. The monoisotopic (exact) mass is 246 g/mol. The highest BCUT2D eigenvalue weighted by Gasteiger charge is 2.34. The van der Waals surface area contributed by atoms with Crippen LogP contribution < -0.4 is 0 Å². The van der Waals surface area contributed by atoms with Crippen molar-refractivity contribution in [3.8, 4) is 6.07 Å². The number of amides is 1. The average Bonchev–Trinajstić information content (AvgIpc) is 2.66. The predicted molar refractivity (Wildman–Crippen MR) is 58.5 cm³/mol. The summed E-state index contributed by atoms with van der Waals surface area (Å²) in [5, 5.41) is 17.1. The molecule has 0 aromatic rings. The molecule has 1 N–H and O–H groups in total. The number of carboxylic acid groups (broad SMARTS) is 1. The standard InChI is InChI=1S/C8H10N2O3S2/c9-1-2-14-4-7(11)10-5-15-3-6(10)8(12)13/h6H,2-5H2,(H,12,13). The van der Waals surface area contributed by atoms with Crippen LogP contribution in [0.2, 0.25) is 0 Å². The van der Waals surface area contributed by atoms with Crippen molar-refractivity contribution in [3.63, 3.8) is 0 Å². The van der Waals surface area contributed by atoms with Gasteiger partial charge in [-0.1, -0.05) is 0 Å². The van der Waals surface area contributed by atoms with Crippen LogP contribution >= 0.6 is 23.5 Å². The molecule has 5 nitrogen and oxygen atoms in total. The van der Waals surface area contributed by atoms with Gasteiger partial charge in [0, 0.05) is 5.75 Å². The summed E-state index contributed by atoms with van der Waals surface area (Å²) in [7, 11) is 0. The van der Waals surface area contributed by atoms with Crippen LogP contribution in [-0.4, -0.2) is 51.1 Å². The maximum Gasteiger partial charge on any atom is 0.327 e. The summed E-state index contributed by atoms with van der Waals surface area (Å²) < 4.78 is 0. The molecule has 0 aromatic heterocycles. The lowest BCUT2D eigenvalue weighted by Crippen LogP contribution is -2.42. The van der Waals surface area contributed by atoms with Crippen LogP contribution in [0.3, 0.4) is 0 Å². The first-order valence-electron chi connectivity index (χ1n) is 4.21. The zero-order valence-corrected chi connectivity index (χ0v) is 9.51. The second-order valence-corrected chi connectivity index (χ2v) is 4.85. The first-order chi connectivity index (χ1) is 7.16. The fourth-order valence-corrected chi connectivity index (χ4v) is 2.87. The number of nitrogens with zero attached hydrogens (tertiary/aromatic N) is 2. The zero-order chi connectivity index (χ0) is 11.3.